The number of pyridine rings is 1. The van der Waals surface area contributed by atoms with E-state index in [9.17, 15) is 0 Å². The first-order chi connectivity index (χ1) is 9.24. The van der Waals surface area contributed by atoms with Crippen LogP contribution in [0.15, 0.2) is 18.3 Å². The van der Waals surface area contributed by atoms with Crippen LogP contribution >= 0.6 is 0 Å². The number of ether oxygens (including phenoxy) is 1. The summed E-state index contributed by atoms with van der Waals surface area (Å²) in [4.78, 5) is 6.40. The van der Waals surface area contributed by atoms with E-state index in [0.717, 1.165) is 24.0 Å². The van der Waals surface area contributed by atoms with Crippen molar-refractivity contribution < 1.29 is 9.84 Å². The van der Waals surface area contributed by atoms with Gasteiger partial charge in [0.1, 0.15) is 5.82 Å². The number of hydrogen-bond acceptors (Lipinski definition) is 5. The number of aliphatic hydroxyl groups is 1. The normalized spacial score (nSPS) is 16.2. The molecule has 5 heteroatoms. The van der Waals surface area contributed by atoms with Crippen LogP contribution in [0.2, 0.25) is 0 Å². The molecule has 5 nitrogen and oxygen atoms in total. The van der Waals surface area contributed by atoms with E-state index >= 15 is 0 Å². The molecule has 1 heterocycles. The van der Waals surface area contributed by atoms with Gasteiger partial charge >= 0.3 is 0 Å². The monoisotopic (exact) mass is 265 g/mol. The largest absolute Gasteiger partial charge is 0.395 e. The Hall–Kier alpha value is -1.33. The lowest BCUT2D eigenvalue weighted by molar-refractivity contribution is 0.179. The van der Waals surface area contributed by atoms with Gasteiger partial charge in [-0.05, 0) is 30.9 Å². The van der Waals surface area contributed by atoms with Gasteiger partial charge in [0.05, 0.1) is 31.1 Å². The molecule has 1 fully saturated rings. The highest BCUT2D eigenvalue weighted by molar-refractivity contribution is 5.49. The lowest BCUT2D eigenvalue weighted by atomic mass is 10.2. The molecule has 1 aromatic rings. The van der Waals surface area contributed by atoms with Crippen LogP contribution in [0.4, 0.5) is 11.5 Å². The predicted molar refractivity (Wildman–Crippen MR) is 76.6 cm³/mol. The Labute approximate surface area is 114 Å². The van der Waals surface area contributed by atoms with E-state index in [1.54, 1.807) is 7.11 Å². The fraction of sp³-hybridized carbons (Fsp3) is 0.643. The third kappa shape index (κ3) is 4.08. The Balaban J connectivity index is 1.93. The molecule has 0 radical (unpaired) electrons. The Morgan fingerprint density at radius 1 is 1.53 bits per heavy atom. The molecule has 0 spiro atoms. The van der Waals surface area contributed by atoms with Gasteiger partial charge in [-0.3, -0.25) is 0 Å². The minimum atomic E-state index is 0.147. The van der Waals surface area contributed by atoms with Crippen LogP contribution in [0.25, 0.3) is 0 Å². The summed E-state index contributed by atoms with van der Waals surface area (Å²) in [5.41, 5.74) is 1.01. The molecule has 1 atom stereocenters. The number of likely N-dealkylation sites (N-methyl/N-ethyl adjacent to an activating group) is 1. The molecule has 1 aliphatic carbocycles. The number of rotatable bonds is 8. The van der Waals surface area contributed by atoms with E-state index in [2.05, 4.69) is 10.3 Å². The second-order valence-corrected chi connectivity index (χ2v) is 5.09. The van der Waals surface area contributed by atoms with Crippen molar-refractivity contribution in [2.75, 3.05) is 44.1 Å². The number of hydrogen-bond donors (Lipinski definition) is 2. The zero-order valence-corrected chi connectivity index (χ0v) is 11.7. The van der Waals surface area contributed by atoms with Gasteiger partial charge in [-0.2, -0.15) is 0 Å². The van der Waals surface area contributed by atoms with Gasteiger partial charge in [0.2, 0.25) is 0 Å². The molecule has 1 aliphatic rings. The highest BCUT2D eigenvalue weighted by Gasteiger charge is 2.31. The molecule has 1 unspecified atom stereocenters. The van der Waals surface area contributed by atoms with Gasteiger partial charge in [-0.25, -0.2) is 4.98 Å². The Kier molecular flexibility index (Phi) is 4.99. The van der Waals surface area contributed by atoms with Crippen LogP contribution in [0.3, 0.4) is 0 Å². The first-order valence-electron chi connectivity index (χ1n) is 6.78. The first kappa shape index (κ1) is 14.1. The molecule has 0 saturated heterocycles. The van der Waals surface area contributed by atoms with Crippen molar-refractivity contribution >= 4 is 11.5 Å². The quantitative estimate of drug-likeness (QED) is 0.743. The van der Waals surface area contributed by atoms with Crippen LogP contribution < -0.4 is 10.2 Å². The molecule has 1 saturated carbocycles. The predicted octanol–water partition coefficient (Wildman–Crippen LogP) is 1.35. The van der Waals surface area contributed by atoms with E-state index in [1.165, 1.54) is 12.8 Å². The number of nitrogens with one attached hydrogen (secondary N) is 1. The van der Waals surface area contributed by atoms with E-state index in [0.29, 0.717) is 12.6 Å². The molecule has 0 amide bonds. The summed E-state index contributed by atoms with van der Waals surface area (Å²) in [6.45, 7) is 1.48. The standard InChI is InChI=1S/C14H23N3O2/c1-17(7-8-18)12-5-6-14(15-9-12)16-13(10-19-2)11-3-4-11/h5-6,9,11,13,18H,3-4,7-8,10H2,1-2H3,(H,15,16). The van der Waals surface area contributed by atoms with Gasteiger partial charge in [-0.15, -0.1) is 0 Å². The summed E-state index contributed by atoms with van der Waals surface area (Å²) >= 11 is 0. The minimum absolute atomic E-state index is 0.147. The van der Waals surface area contributed by atoms with Crippen molar-refractivity contribution in [3.63, 3.8) is 0 Å². The molecular weight excluding hydrogens is 242 g/mol. The van der Waals surface area contributed by atoms with Gasteiger partial charge in [-0.1, -0.05) is 0 Å². The van der Waals surface area contributed by atoms with Crippen molar-refractivity contribution in [2.24, 2.45) is 5.92 Å². The lowest BCUT2D eigenvalue weighted by Gasteiger charge is -2.20. The van der Waals surface area contributed by atoms with Crippen molar-refractivity contribution in [3.05, 3.63) is 18.3 Å². The maximum Gasteiger partial charge on any atom is 0.126 e. The van der Waals surface area contributed by atoms with Crippen LogP contribution in [0.5, 0.6) is 0 Å². The molecule has 1 aromatic heterocycles. The maximum atomic E-state index is 8.91. The van der Waals surface area contributed by atoms with Crippen LogP contribution in [0, 0.1) is 5.92 Å². The topological polar surface area (TPSA) is 57.6 Å². The Morgan fingerprint density at radius 3 is 2.84 bits per heavy atom. The fourth-order valence-electron chi connectivity index (χ4n) is 2.14. The molecule has 0 aromatic carbocycles. The zero-order valence-electron chi connectivity index (χ0n) is 11.7. The second kappa shape index (κ2) is 6.73. The molecule has 0 aliphatic heterocycles. The van der Waals surface area contributed by atoms with E-state index in [1.807, 2.05) is 30.3 Å². The highest BCUT2D eigenvalue weighted by atomic mass is 16.5. The maximum absolute atomic E-state index is 8.91. The zero-order chi connectivity index (χ0) is 13.7. The highest BCUT2D eigenvalue weighted by Crippen LogP contribution is 2.34. The van der Waals surface area contributed by atoms with E-state index in [-0.39, 0.29) is 6.61 Å². The molecule has 19 heavy (non-hydrogen) atoms. The summed E-state index contributed by atoms with van der Waals surface area (Å²) < 4.78 is 5.25. The van der Waals surface area contributed by atoms with Crippen LogP contribution in [0.1, 0.15) is 12.8 Å². The van der Waals surface area contributed by atoms with E-state index < -0.39 is 0 Å². The second-order valence-electron chi connectivity index (χ2n) is 5.09. The number of aliphatic hydroxyl groups excluding tert-OH is 1. The molecular formula is C14H23N3O2. The minimum Gasteiger partial charge on any atom is -0.395 e. The van der Waals surface area contributed by atoms with Gasteiger partial charge < -0.3 is 20.1 Å². The molecule has 2 rings (SSSR count). The smallest absolute Gasteiger partial charge is 0.126 e. The summed E-state index contributed by atoms with van der Waals surface area (Å²) in [7, 11) is 3.68. The molecule has 0 bridgehead atoms. The van der Waals surface area contributed by atoms with Crippen molar-refractivity contribution in [1.29, 1.82) is 0 Å². The van der Waals surface area contributed by atoms with E-state index in [4.69, 9.17) is 9.84 Å². The average Bonchev–Trinajstić information content (AvgIpc) is 3.24. The van der Waals surface area contributed by atoms with Gasteiger partial charge in [0.25, 0.3) is 0 Å². The fourth-order valence-corrected chi connectivity index (χ4v) is 2.14. The number of methoxy groups -OCH3 is 1. The third-order valence-corrected chi connectivity index (χ3v) is 3.49. The number of aromatic nitrogens is 1. The first-order valence-corrected chi connectivity index (χ1v) is 6.78. The molecule has 106 valence electrons. The summed E-state index contributed by atoms with van der Waals surface area (Å²) in [6.07, 6.45) is 4.38. The number of anilines is 2. The summed E-state index contributed by atoms with van der Waals surface area (Å²) in [5, 5.41) is 12.3. The Bertz CT molecular complexity index is 379. The van der Waals surface area contributed by atoms with Crippen LogP contribution in [-0.2, 0) is 4.74 Å². The third-order valence-electron chi connectivity index (χ3n) is 3.49. The van der Waals surface area contributed by atoms with Crippen molar-refractivity contribution in [3.8, 4) is 0 Å². The van der Waals surface area contributed by atoms with Gasteiger partial charge in [0.15, 0.2) is 0 Å². The Morgan fingerprint density at radius 2 is 2.32 bits per heavy atom. The SMILES string of the molecule is COCC(Nc1ccc(N(C)CCO)cn1)C1CC1. The van der Waals surface area contributed by atoms with Gasteiger partial charge in [0, 0.05) is 20.7 Å². The summed E-state index contributed by atoms with van der Waals surface area (Å²) in [5.74, 6) is 1.61. The average molecular weight is 265 g/mol. The van der Waals surface area contributed by atoms with Crippen molar-refractivity contribution in [2.45, 2.75) is 18.9 Å². The lowest BCUT2D eigenvalue weighted by Crippen LogP contribution is -2.27. The number of nitrogens with zero attached hydrogens (tertiary/aromatic N) is 2. The van der Waals surface area contributed by atoms with Crippen LogP contribution in [-0.4, -0.2) is 50.0 Å². The molecule has 2 N–H and O–H groups in total. The van der Waals surface area contributed by atoms with Crippen molar-refractivity contribution in [1.82, 2.24) is 4.98 Å². The summed E-state index contributed by atoms with van der Waals surface area (Å²) in [6, 6.07) is 4.36.